The molecule has 0 atom stereocenters. The molecule has 0 aliphatic heterocycles. The zero-order valence-corrected chi connectivity index (χ0v) is 18.5. The van der Waals surface area contributed by atoms with Crippen LogP contribution in [0.15, 0.2) is 88.1 Å². The van der Waals surface area contributed by atoms with Gasteiger partial charge in [0.05, 0.1) is 6.54 Å². The molecular weight excluding hydrogens is 356 g/mol. The van der Waals surface area contributed by atoms with Gasteiger partial charge in [-0.1, -0.05) is 60.2 Å². The summed E-state index contributed by atoms with van der Waals surface area (Å²) in [5, 5.41) is 0. The molecule has 0 heterocycles. The van der Waals surface area contributed by atoms with Gasteiger partial charge in [-0.05, 0) is 58.3 Å². The van der Waals surface area contributed by atoms with Crippen molar-refractivity contribution >= 4 is 12.0 Å². The number of carbonyl (C=O) groups is 1. The summed E-state index contributed by atoms with van der Waals surface area (Å²) in [4.78, 5) is 16.9. The molecule has 0 amide bonds. The molecule has 0 saturated heterocycles. The molecule has 0 spiro atoms. The molecule has 3 nitrogen and oxygen atoms in total. The number of nitrogens with two attached hydrogens (primary N) is 1. The Kier molecular flexibility index (Phi) is 10.4. The quantitative estimate of drug-likeness (QED) is 0.282. The third-order valence-corrected chi connectivity index (χ3v) is 4.33. The van der Waals surface area contributed by atoms with Gasteiger partial charge >= 0.3 is 0 Å². The van der Waals surface area contributed by atoms with Crippen LogP contribution in [0.4, 0.5) is 0 Å². The molecule has 3 heteroatoms. The zero-order chi connectivity index (χ0) is 21.8. The molecule has 0 aromatic heterocycles. The Morgan fingerprint density at radius 2 is 1.72 bits per heavy atom. The van der Waals surface area contributed by atoms with Gasteiger partial charge < -0.3 is 5.73 Å². The Bertz CT molecular complexity index is 858. The lowest BCUT2D eigenvalue weighted by atomic mass is 10.0. The second-order valence-electron chi connectivity index (χ2n) is 7.50. The molecule has 1 aromatic rings. The number of hydrogen-bond donors (Lipinski definition) is 1. The van der Waals surface area contributed by atoms with Gasteiger partial charge in [0, 0.05) is 29.5 Å². The fourth-order valence-electron chi connectivity index (χ4n) is 2.59. The molecule has 0 aliphatic rings. The maximum atomic E-state index is 12.4. The van der Waals surface area contributed by atoms with E-state index in [1.807, 2.05) is 50.3 Å². The first-order chi connectivity index (χ1) is 13.7. The van der Waals surface area contributed by atoms with Crippen LogP contribution < -0.4 is 5.73 Å². The molecule has 29 heavy (non-hydrogen) atoms. The van der Waals surface area contributed by atoms with Crippen LogP contribution in [0.5, 0.6) is 0 Å². The number of hydrogen-bond acceptors (Lipinski definition) is 3. The summed E-state index contributed by atoms with van der Waals surface area (Å²) < 4.78 is 0. The number of rotatable bonds is 10. The molecular formula is C26H34N2O. The SMILES string of the molecule is C=C(C)C(/C=N\Cc1ccc(C(=O)CC/C(C)=C/C=C(C)C)cc1)=C(N)\C=C/C. The summed E-state index contributed by atoms with van der Waals surface area (Å²) in [6, 6.07) is 7.67. The second-order valence-corrected chi connectivity index (χ2v) is 7.50. The summed E-state index contributed by atoms with van der Waals surface area (Å²) in [5.74, 6) is 0.164. The van der Waals surface area contributed by atoms with Crippen molar-refractivity contribution < 1.29 is 4.79 Å². The number of ketones is 1. The molecule has 0 unspecified atom stereocenters. The molecule has 2 N–H and O–H groups in total. The number of aliphatic imine (C=N–C) groups is 1. The van der Waals surface area contributed by atoms with Crippen molar-refractivity contribution in [1.29, 1.82) is 0 Å². The van der Waals surface area contributed by atoms with Crippen molar-refractivity contribution in [2.24, 2.45) is 10.7 Å². The van der Waals surface area contributed by atoms with Crippen LogP contribution in [0, 0.1) is 0 Å². The molecule has 0 bridgehead atoms. The van der Waals surface area contributed by atoms with Gasteiger partial charge in [-0.2, -0.15) is 0 Å². The minimum Gasteiger partial charge on any atom is -0.398 e. The van der Waals surface area contributed by atoms with E-state index >= 15 is 0 Å². The zero-order valence-electron chi connectivity index (χ0n) is 18.5. The van der Waals surface area contributed by atoms with Crippen LogP contribution in [0.2, 0.25) is 0 Å². The van der Waals surface area contributed by atoms with Crippen molar-refractivity contribution in [1.82, 2.24) is 0 Å². The minimum absolute atomic E-state index is 0.164. The summed E-state index contributed by atoms with van der Waals surface area (Å²) in [5.41, 5.74) is 12.7. The molecule has 1 aromatic carbocycles. The van der Waals surface area contributed by atoms with Crippen LogP contribution in [-0.2, 0) is 6.54 Å². The molecule has 154 valence electrons. The predicted octanol–water partition coefficient (Wildman–Crippen LogP) is 6.50. The lowest BCUT2D eigenvalue weighted by Gasteiger charge is -2.05. The van der Waals surface area contributed by atoms with Gasteiger partial charge in [0.2, 0.25) is 0 Å². The third kappa shape index (κ3) is 9.20. The Labute approximate surface area is 176 Å². The van der Waals surface area contributed by atoms with Crippen LogP contribution in [0.3, 0.4) is 0 Å². The summed E-state index contributed by atoms with van der Waals surface area (Å²) in [7, 11) is 0. The molecule has 0 aliphatic carbocycles. The minimum atomic E-state index is 0.164. The summed E-state index contributed by atoms with van der Waals surface area (Å²) >= 11 is 0. The largest absolute Gasteiger partial charge is 0.398 e. The Balaban J connectivity index is 2.71. The fraction of sp³-hybridized carbons (Fsp3) is 0.308. The van der Waals surface area contributed by atoms with Gasteiger partial charge in [-0.25, -0.2) is 0 Å². The van der Waals surface area contributed by atoms with Gasteiger partial charge in [-0.15, -0.1) is 0 Å². The standard InChI is InChI=1S/C26H34N2O/c1-7-8-25(27)24(20(4)5)18-28-17-22-12-14-23(15-13-22)26(29)16-11-21(6)10-9-19(2)3/h7-10,12-15,18H,4,11,16-17,27H2,1-3,5-6H3/b8-7-,21-10+,25-24+,28-18-. The van der Waals surface area contributed by atoms with Crippen molar-refractivity contribution in [2.75, 3.05) is 0 Å². The fourth-order valence-corrected chi connectivity index (χ4v) is 2.59. The Morgan fingerprint density at radius 1 is 1.07 bits per heavy atom. The second kappa shape index (κ2) is 12.5. The average Bonchev–Trinajstić information content (AvgIpc) is 2.68. The van der Waals surface area contributed by atoms with E-state index in [1.165, 1.54) is 11.1 Å². The first kappa shape index (κ1) is 24.1. The number of benzene rings is 1. The summed E-state index contributed by atoms with van der Waals surface area (Å²) in [6.45, 7) is 14.5. The smallest absolute Gasteiger partial charge is 0.163 e. The van der Waals surface area contributed by atoms with Crippen molar-refractivity contribution in [3.05, 3.63) is 94.3 Å². The lowest BCUT2D eigenvalue weighted by molar-refractivity contribution is 0.0983. The maximum Gasteiger partial charge on any atom is 0.163 e. The van der Waals surface area contributed by atoms with E-state index in [-0.39, 0.29) is 5.78 Å². The van der Waals surface area contributed by atoms with Crippen LogP contribution in [-0.4, -0.2) is 12.0 Å². The first-order valence-corrected chi connectivity index (χ1v) is 9.95. The van der Waals surface area contributed by atoms with Gasteiger partial charge in [0.15, 0.2) is 5.78 Å². The number of carbonyl (C=O) groups excluding carboxylic acids is 1. The highest BCUT2D eigenvalue weighted by molar-refractivity contribution is 5.96. The van der Waals surface area contributed by atoms with Gasteiger partial charge in [-0.3, -0.25) is 9.79 Å². The number of allylic oxidation sites excluding steroid dienone is 8. The van der Waals surface area contributed by atoms with Crippen molar-refractivity contribution in [2.45, 2.75) is 54.0 Å². The van der Waals surface area contributed by atoms with Crippen LogP contribution in [0.1, 0.15) is 63.4 Å². The van der Waals surface area contributed by atoms with Gasteiger partial charge in [0.25, 0.3) is 0 Å². The molecule has 0 fully saturated rings. The van der Waals surface area contributed by atoms with E-state index < -0.39 is 0 Å². The van der Waals surface area contributed by atoms with Gasteiger partial charge in [0.1, 0.15) is 0 Å². The Morgan fingerprint density at radius 3 is 2.28 bits per heavy atom. The van der Waals surface area contributed by atoms with E-state index in [9.17, 15) is 4.79 Å². The van der Waals surface area contributed by atoms with Crippen molar-refractivity contribution in [3.8, 4) is 0 Å². The highest BCUT2D eigenvalue weighted by atomic mass is 16.1. The van der Waals surface area contributed by atoms with Crippen LogP contribution >= 0.6 is 0 Å². The molecule has 1 rings (SSSR count). The first-order valence-electron chi connectivity index (χ1n) is 9.95. The number of nitrogens with zero attached hydrogens (tertiary/aromatic N) is 1. The van der Waals surface area contributed by atoms with E-state index in [4.69, 9.17) is 5.73 Å². The summed E-state index contributed by atoms with van der Waals surface area (Å²) in [6.07, 6.45) is 11.0. The predicted molar refractivity (Wildman–Crippen MR) is 126 cm³/mol. The monoisotopic (exact) mass is 390 g/mol. The normalized spacial score (nSPS) is 12.9. The van der Waals surface area contributed by atoms with Crippen molar-refractivity contribution in [3.63, 3.8) is 0 Å². The maximum absolute atomic E-state index is 12.4. The van der Waals surface area contributed by atoms with E-state index in [0.717, 1.165) is 28.7 Å². The van der Waals surface area contributed by atoms with E-state index in [2.05, 4.69) is 44.5 Å². The lowest BCUT2D eigenvalue weighted by Crippen LogP contribution is -2.02. The highest BCUT2D eigenvalue weighted by Gasteiger charge is 2.06. The van der Waals surface area contributed by atoms with E-state index in [0.29, 0.717) is 18.7 Å². The highest BCUT2D eigenvalue weighted by Crippen LogP contribution is 2.13. The molecule has 0 saturated carbocycles. The Hall–Kier alpha value is -2.94. The van der Waals surface area contributed by atoms with E-state index in [1.54, 1.807) is 6.21 Å². The average molecular weight is 391 g/mol. The van der Waals surface area contributed by atoms with Crippen LogP contribution in [0.25, 0.3) is 0 Å². The molecule has 0 radical (unpaired) electrons. The number of Topliss-reactive ketones (excluding diaryl/α,β-unsaturated/α-hetero) is 1. The topological polar surface area (TPSA) is 55.5 Å². The third-order valence-electron chi connectivity index (χ3n) is 4.33.